The molecular weight excluding hydrogens is 236 g/mol. The molecule has 18 heavy (non-hydrogen) atoms. The third kappa shape index (κ3) is 3.69. The van der Waals surface area contributed by atoms with Crippen LogP contribution in [-0.4, -0.2) is 48.8 Å². The maximum atomic E-state index is 12.4. The molecule has 0 saturated carbocycles. The lowest BCUT2D eigenvalue weighted by atomic mass is 9.81. The van der Waals surface area contributed by atoms with Crippen LogP contribution in [-0.2, 0) is 14.4 Å². The van der Waals surface area contributed by atoms with E-state index in [0.717, 1.165) is 17.9 Å². The molecule has 1 saturated heterocycles. The standard InChI is InChI=1S/C11H20N4O3/c1-11(3-2-4-14-7-11)10(18)15(5-8(12)16)6-9(13)17/h14H,2-7H2,1H3,(H2,12,16)(H2,13,17). The van der Waals surface area contributed by atoms with E-state index in [1.54, 1.807) is 0 Å². The van der Waals surface area contributed by atoms with Crippen molar-refractivity contribution in [3.63, 3.8) is 0 Å². The molecule has 102 valence electrons. The van der Waals surface area contributed by atoms with E-state index in [1.807, 2.05) is 6.92 Å². The predicted molar refractivity (Wildman–Crippen MR) is 65.2 cm³/mol. The fourth-order valence-electron chi connectivity index (χ4n) is 2.20. The monoisotopic (exact) mass is 256 g/mol. The molecule has 1 heterocycles. The second-order valence-corrected chi connectivity index (χ2v) is 4.93. The number of primary amides is 2. The summed E-state index contributed by atoms with van der Waals surface area (Å²) in [6.07, 6.45) is 1.59. The summed E-state index contributed by atoms with van der Waals surface area (Å²) in [6.45, 7) is 2.65. The summed E-state index contributed by atoms with van der Waals surface area (Å²) < 4.78 is 0. The van der Waals surface area contributed by atoms with Gasteiger partial charge >= 0.3 is 0 Å². The van der Waals surface area contributed by atoms with Crippen LogP contribution in [0.2, 0.25) is 0 Å². The van der Waals surface area contributed by atoms with Crippen molar-refractivity contribution < 1.29 is 14.4 Å². The Balaban J connectivity index is 2.79. The summed E-state index contributed by atoms with van der Waals surface area (Å²) in [7, 11) is 0. The largest absolute Gasteiger partial charge is 0.368 e. The first-order valence-electron chi connectivity index (χ1n) is 5.92. The highest BCUT2D eigenvalue weighted by Gasteiger charge is 2.38. The Bertz CT molecular complexity index is 334. The summed E-state index contributed by atoms with van der Waals surface area (Å²) in [5.74, 6) is -1.57. The van der Waals surface area contributed by atoms with Gasteiger partial charge in [0, 0.05) is 6.54 Å². The van der Waals surface area contributed by atoms with Crippen molar-refractivity contribution in [3.8, 4) is 0 Å². The fraction of sp³-hybridized carbons (Fsp3) is 0.727. The SMILES string of the molecule is CC1(C(=O)N(CC(N)=O)CC(N)=O)CCCNC1. The maximum Gasteiger partial charge on any atom is 0.237 e. The minimum absolute atomic E-state index is 0.257. The van der Waals surface area contributed by atoms with Gasteiger partial charge in [-0.2, -0.15) is 0 Å². The van der Waals surface area contributed by atoms with Crippen LogP contribution in [0.5, 0.6) is 0 Å². The van der Waals surface area contributed by atoms with Gasteiger partial charge in [-0.15, -0.1) is 0 Å². The van der Waals surface area contributed by atoms with Gasteiger partial charge in [-0.05, 0) is 26.3 Å². The molecule has 1 rings (SSSR count). The second-order valence-electron chi connectivity index (χ2n) is 4.93. The summed E-state index contributed by atoms with van der Waals surface area (Å²) in [5, 5.41) is 3.14. The Morgan fingerprint density at radius 2 is 1.78 bits per heavy atom. The van der Waals surface area contributed by atoms with Crippen LogP contribution in [0.4, 0.5) is 0 Å². The van der Waals surface area contributed by atoms with Crippen molar-refractivity contribution in [2.75, 3.05) is 26.2 Å². The first kappa shape index (κ1) is 14.4. The normalized spacial score (nSPS) is 23.4. The predicted octanol–water partition coefficient (Wildman–Crippen LogP) is -1.82. The summed E-state index contributed by atoms with van der Waals surface area (Å²) >= 11 is 0. The number of rotatable bonds is 5. The molecule has 3 amide bonds. The minimum Gasteiger partial charge on any atom is -0.368 e. The van der Waals surface area contributed by atoms with Crippen LogP contribution in [0.1, 0.15) is 19.8 Å². The zero-order valence-corrected chi connectivity index (χ0v) is 10.6. The van der Waals surface area contributed by atoms with E-state index < -0.39 is 17.2 Å². The Morgan fingerprint density at radius 3 is 2.17 bits per heavy atom. The van der Waals surface area contributed by atoms with Crippen molar-refractivity contribution in [2.24, 2.45) is 16.9 Å². The summed E-state index contributed by atoms with van der Waals surface area (Å²) in [4.78, 5) is 35.4. The highest BCUT2D eigenvalue weighted by molar-refractivity contribution is 5.90. The van der Waals surface area contributed by atoms with Crippen molar-refractivity contribution in [1.29, 1.82) is 0 Å². The molecule has 0 radical (unpaired) electrons. The third-order valence-electron chi connectivity index (χ3n) is 3.09. The average molecular weight is 256 g/mol. The summed E-state index contributed by atoms with van der Waals surface area (Å²) in [5.41, 5.74) is 9.55. The molecule has 0 aliphatic carbocycles. The second kappa shape index (κ2) is 5.81. The first-order valence-corrected chi connectivity index (χ1v) is 5.92. The van der Waals surface area contributed by atoms with Crippen molar-refractivity contribution in [2.45, 2.75) is 19.8 Å². The van der Waals surface area contributed by atoms with Gasteiger partial charge in [-0.25, -0.2) is 0 Å². The van der Waals surface area contributed by atoms with E-state index in [4.69, 9.17) is 11.5 Å². The van der Waals surface area contributed by atoms with Crippen molar-refractivity contribution >= 4 is 17.7 Å². The number of carbonyl (C=O) groups is 3. The number of hydrogen-bond donors (Lipinski definition) is 3. The van der Waals surface area contributed by atoms with Gasteiger partial charge in [-0.1, -0.05) is 0 Å². The number of amides is 3. The molecular formula is C11H20N4O3. The Morgan fingerprint density at radius 1 is 1.22 bits per heavy atom. The molecule has 0 spiro atoms. The quantitative estimate of drug-likeness (QED) is 0.536. The Kier molecular flexibility index (Phi) is 4.66. The van der Waals surface area contributed by atoms with Crippen LogP contribution in [0, 0.1) is 5.41 Å². The fourth-order valence-corrected chi connectivity index (χ4v) is 2.20. The number of nitrogens with two attached hydrogens (primary N) is 2. The van der Waals surface area contributed by atoms with Gasteiger partial charge in [0.2, 0.25) is 17.7 Å². The number of piperidine rings is 1. The van der Waals surface area contributed by atoms with Gasteiger partial charge in [0.05, 0.1) is 18.5 Å². The molecule has 0 aromatic heterocycles. The molecule has 1 unspecified atom stereocenters. The minimum atomic E-state index is -0.656. The number of carbonyl (C=O) groups excluding carboxylic acids is 3. The molecule has 1 atom stereocenters. The van der Waals surface area contributed by atoms with E-state index in [-0.39, 0.29) is 19.0 Å². The molecule has 0 bridgehead atoms. The van der Waals surface area contributed by atoms with Gasteiger partial charge < -0.3 is 21.7 Å². The number of nitrogens with zero attached hydrogens (tertiary/aromatic N) is 1. The number of hydrogen-bond acceptors (Lipinski definition) is 4. The van der Waals surface area contributed by atoms with Crippen LogP contribution >= 0.6 is 0 Å². The average Bonchev–Trinajstić information content (AvgIpc) is 2.27. The first-order chi connectivity index (χ1) is 8.35. The van der Waals surface area contributed by atoms with Crippen molar-refractivity contribution in [3.05, 3.63) is 0 Å². The molecule has 7 nitrogen and oxygen atoms in total. The van der Waals surface area contributed by atoms with E-state index >= 15 is 0 Å². The van der Waals surface area contributed by atoms with Crippen molar-refractivity contribution in [1.82, 2.24) is 10.2 Å². The zero-order chi connectivity index (χ0) is 13.8. The molecule has 7 heteroatoms. The lowest BCUT2D eigenvalue weighted by Crippen LogP contribution is -2.53. The smallest absolute Gasteiger partial charge is 0.237 e. The van der Waals surface area contributed by atoms with Gasteiger partial charge in [0.1, 0.15) is 0 Å². The van der Waals surface area contributed by atoms with E-state index in [2.05, 4.69) is 5.32 Å². The molecule has 1 aliphatic heterocycles. The Labute approximate surface area is 106 Å². The Hall–Kier alpha value is -1.63. The van der Waals surface area contributed by atoms with Crippen LogP contribution in [0.25, 0.3) is 0 Å². The molecule has 5 N–H and O–H groups in total. The van der Waals surface area contributed by atoms with Crippen LogP contribution in [0.3, 0.4) is 0 Å². The van der Waals surface area contributed by atoms with Crippen LogP contribution in [0.15, 0.2) is 0 Å². The zero-order valence-electron chi connectivity index (χ0n) is 10.6. The van der Waals surface area contributed by atoms with E-state index in [1.165, 1.54) is 0 Å². The van der Waals surface area contributed by atoms with Crippen LogP contribution < -0.4 is 16.8 Å². The van der Waals surface area contributed by atoms with Gasteiger partial charge in [-0.3, -0.25) is 14.4 Å². The molecule has 1 fully saturated rings. The van der Waals surface area contributed by atoms with Gasteiger partial charge in [0.25, 0.3) is 0 Å². The summed E-state index contributed by atoms with van der Waals surface area (Å²) in [6, 6.07) is 0. The lowest BCUT2D eigenvalue weighted by Gasteiger charge is -2.36. The topological polar surface area (TPSA) is 119 Å². The molecule has 1 aliphatic rings. The molecule has 0 aromatic carbocycles. The highest BCUT2D eigenvalue weighted by atomic mass is 16.2. The third-order valence-corrected chi connectivity index (χ3v) is 3.09. The van der Waals surface area contributed by atoms with E-state index in [0.29, 0.717) is 13.0 Å². The lowest BCUT2D eigenvalue weighted by molar-refractivity contribution is -0.146. The van der Waals surface area contributed by atoms with Gasteiger partial charge in [0.15, 0.2) is 0 Å². The highest BCUT2D eigenvalue weighted by Crippen LogP contribution is 2.27. The molecule has 0 aromatic rings. The maximum absolute atomic E-state index is 12.4. The number of nitrogens with one attached hydrogen (secondary N) is 1. The van der Waals surface area contributed by atoms with E-state index in [9.17, 15) is 14.4 Å².